The molecule has 0 unspecified atom stereocenters. The lowest BCUT2D eigenvalue weighted by Crippen LogP contribution is -2.11. The van der Waals surface area contributed by atoms with Gasteiger partial charge in [-0.3, -0.25) is 0 Å². The van der Waals surface area contributed by atoms with Crippen LogP contribution in [-0.2, 0) is 22.0 Å². The largest absolute Gasteiger partial charge is 0.228 e. The molecule has 0 amide bonds. The molecule has 0 aromatic heterocycles. The summed E-state index contributed by atoms with van der Waals surface area (Å²) in [6, 6.07) is 23.5. The van der Waals surface area contributed by atoms with Crippen LogP contribution in [0.4, 0.5) is 0 Å². The second kappa shape index (κ2) is 6.32. The number of rotatable bonds is 5. The number of fused-ring (bicyclic) bond motifs is 1. The zero-order chi connectivity index (χ0) is 15.4. The SMILES string of the molecule is O=S(=O)(CCc1ccccc1)Cc1cccc2ccccc12. The van der Waals surface area contributed by atoms with Crippen molar-refractivity contribution in [3.05, 3.63) is 83.9 Å². The first-order valence-electron chi connectivity index (χ1n) is 7.35. The van der Waals surface area contributed by atoms with E-state index in [-0.39, 0.29) is 11.5 Å². The molecule has 0 N–H and O–H groups in total. The molecule has 0 aliphatic carbocycles. The maximum absolute atomic E-state index is 12.4. The van der Waals surface area contributed by atoms with Crippen LogP contribution in [0.5, 0.6) is 0 Å². The summed E-state index contributed by atoms with van der Waals surface area (Å²) >= 11 is 0. The van der Waals surface area contributed by atoms with Crippen LogP contribution in [0, 0.1) is 0 Å². The second-order valence-electron chi connectivity index (χ2n) is 5.47. The average molecular weight is 310 g/mol. The van der Waals surface area contributed by atoms with Crippen molar-refractivity contribution in [2.24, 2.45) is 0 Å². The Morgan fingerprint density at radius 3 is 2.23 bits per heavy atom. The molecule has 3 heteroatoms. The molecule has 22 heavy (non-hydrogen) atoms. The summed E-state index contributed by atoms with van der Waals surface area (Å²) in [5, 5.41) is 2.10. The highest BCUT2D eigenvalue weighted by Crippen LogP contribution is 2.21. The van der Waals surface area contributed by atoms with Gasteiger partial charge in [0.05, 0.1) is 11.5 Å². The summed E-state index contributed by atoms with van der Waals surface area (Å²) < 4.78 is 24.8. The van der Waals surface area contributed by atoms with Crippen LogP contribution < -0.4 is 0 Å². The van der Waals surface area contributed by atoms with Gasteiger partial charge in [0.1, 0.15) is 0 Å². The Hall–Kier alpha value is -2.13. The van der Waals surface area contributed by atoms with Crippen LogP contribution >= 0.6 is 0 Å². The molecule has 0 fully saturated rings. The predicted octanol–water partition coefficient (Wildman–Crippen LogP) is 4.00. The first-order chi connectivity index (χ1) is 10.6. The van der Waals surface area contributed by atoms with Gasteiger partial charge >= 0.3 is 0 Å². The summed E-state index contributed by atoms with van der Waals surface area (Å²) in [4.78, 5) is 0. The molecule has 2 nitrogen and oxygen atoms in total. The highest BCUT2D eigenvalue weighted by Gasteiger charge is 2.14. The van der Waals surface area contributed by atoms with Gasteiger partial charge in [0.25, 0.3) is 0 Å². The molecule has 112 valence electrons. The fourth-order valence-electron chi connectivity index (χ4n) is 2.65. The van der Waals surface area contributed by atoms with Gasteiger partial charge in [-0.25, -0.2) is 8.42 Å². The highest BCUT2D eigenvalue weighted by atomic mass is 32.2. The quantitative estimate of drug-likeness (QED) is 0.714. The molecule has 0 spiro atoms. The van der Waals surface area contributed by atoms with Crippen molar-refractivity contribution in [3.8, 4) is 0 Å². The zero-order valence-electron chi connectivity index (χ0n) is 12.3. The number of aryl methyl sites for hydroxylation is 1. The molecular weight excluding hydrogens is 292 g/mol. The van der Waals surface area contributed by atoms with Crippen molar-refractivity contribution in [1.29, 1.82) is 0 Å². The molecule has 3 aromatic carbocycles. The van der Waals surface area contributed by atoms with Crippen molar-refractivity contribution >= 4 is 20.6 Å². The van der Waals surface area contributed by atoms with Gasteiger partial charge < -0.3 is 0 Å². The average Bonchev–Trinajstić information content (AvgIpc) is 2.54. The van der Waals surface area contributed by atoms with Crippen molar-refractivity contribution < 1.29 is 8.42 Å². The summed E-state index contributed by atoms with van der Waals surface area (Å²) in [7, 11) is -3.12. The molecule has 0 aliphatic heterocycles. The number of hydrogen-bond acceptors (Lipinski definition) is 2. The summed E-state index contributed by atoms with van der Waals surface area (Å²) in [6.45, 7) is 0. The molecule has 0 atom stereocenters. The molecule has 3 aromatic rings. The van der Waals surface area contributed by atoms with E-state index >= 15 is 0 Å². The predicted molar refractivity (Wildman–Crippen MR) is 91.6 cm³/mol. The minimum Gasteiger partial charge on any atom is -0.228 e. The van der Waals surface area contributed by atoms with E-state index in [1.807, 2.05) is 72.8 Å². The van der Waals surface area contributed by atoms with Gasteiger partial charge in [0.2, 0.25) is 0 Å². The van der Waals surface area contributed by atoms with Crippen molar-refractivity contribution in [1.82, 2.24) is 0 Å². The smallest absolute Gasteiger partial charge is 0.154 e. The fourth-order valence-corrected chi connectivity index (χ4v) is 4.06. The van der Waals surface area contributed by atoms with Gasteiger partial charge in [-0.2, -0.15) is 0 Å². The Morgan fingerprint density at radius 1 is 0.727 bits per heavy atom. The summed E-state index contributed by atoms with van der Waals surface area (Å²) in [6.07, 6.45) is 0.563. The fraction of sp³-hybridized carbons (Fsp3) is 0.158. The molecule has 0 aliphatic rings. The van der Waals surface area contributed by atoms with E-state index in [0.717, 1.165) is 21.9 Å². The minimum absolute atomic E-state index is 0.0984. The highest BCUT2D eigenvalue weighted by molar-refractivity contribution is 7.90. The van der Waals surface area contributed by atoms with E-state index in [1.54, 1.807) is 0 Å². The molecule has 0 saturated carbocycles. The first-order valence-corrected chi connectivity index (χ1v) is 9.17. The van der Waals surface area contributed by atoms with Crippen molar-refractivity contribution in [3.63, 3.8) is 0 Å². The normalized spacial score (nSPS) is 11.6. The van der Waals surface area contributed by atoms with Gasteiger partial charge in [-0.1, -0.05) is 72.8 Å². The maximum Gasteiger partial charge on any atom is 0.154 e. The molecule has 0 heterocycles. The Bertz CT molecular complexity index is 863. The third-order valence-corrected chi connectivity index (χ3v) is 5.38. The van der Waals surface area contributed by atoms with Crippen molar-refractivity contribution in [2.45, 2.75) is 12.2 Å². The molecule has 0 saturated heterocycles. The van der Waals surface area contributed by atoms with Gasteiger partial charge in [0, 0.05) is 0 Å². The van der Waals surface area contributed by atoms with Gasteiger partial charge in [-0.15, -0.1) is 0 Å². The van der Waals surface area contributed by atoms with E-state index in [9.17, 15) is 8.42 Å². The number of sulfone groups is 1. The molecule has 0 bridgehead atoms. The van der Waals surface area contributed by atoms with Crippen molar-refractivity contribution in [2.75, 3.05) is 5.75 Å². The van der Waals surface area contributed by atoms with Crippen LogP contribution in [0.15, 0.2) is 72.8 Å². The zero-order valence-corrected chi connectivity index (χ0v) is 13.1. The molecular formula is C19H18O2S. The third-order valence-electron chi connectivity index (χ3n) is 3.80. The lowest BCUT2D eigenvalue weighted by atomic mass is 10.1. The topological polar surface area (TPSA) is 34.1 Å². The standard InChI is InChI=1S/C19H18O2S/c20-22(21,14-13-16-7-2-1-3-8-16)15-18-11-6-10-17-9-4-5-12-19(17)18/h1-12H,13-15H2. The molecule has 3 rings (SSSR count). The van der Waals surface area contributed by atoms with Gasteiger partial charge in [0.15, 0.2) is 9.84 Å². The second-order valence-corrected chi connectivity index (χ2v) is 7.65. The Balaban J connectivity index is 1.78. The lowest BCUT2D eigenvalue weighted by molar-refractivity contribution is 0.594. The van der Waals surface area contributed by atoms with Crippen LogP contribution in [-0.4, -0.2) is 14.2 Å². The Morgan fingerprint density at radius 2 is 1.41 bits per heavy atom. The van der Waals surface area contributed by atoms with E-state index in [0.29, 0.717) is 6.42 Å². The van der Waals surface area contributed by atoms with Crippen LogP contribution in [0.3, 0.4) is 0 Å². The van der Waals surface area contributed by atoms with E-state index in [1.165, 1.54) is 0 Å². The van der Waals surface area contributed by atoms with Crippen LogP contribution in [0.1, 0.15) is 11.1 Å². The maximum atomic E-state index is 12.4. The first kappa shape index (κ1) is 14.8. The van der Waals surface area contributed by atoms with Gasteiger partial charge in [-0.05, 0) is 28.3 Å². The van der Waals surface area contributed by atoms with E-state index < -0.39 is 9.84 Å². The molecule has 0 radical (unpaired) electrons. The number of benzene rings is 3. The number of hydrogen-bond donors (Lipinski definition) is 0. The Labute approximate surface area is 131 Å². The van der Waals surface area contributed by atoms with Crippen LogP contribution in [0.25, 0.3) is 10.8 Å². The minimum atomic E-state index is -3.12. The Kier molecular flexibility index (Phi) is 4.25. The monoisotopic (exact) mass is 310 g/mol. The lowest BCUT2D eigenvalue weighted by Gasteiger charge is -2.08. The summed E-state index contributed by atoms with van der Waals surface area (Å²) in [5.41, 5.74) is 1.94. The van der Waals surface area contributed by atoms with Crippen LogP contribution in [0.2, 0.25) is 0 Å². The summed E-state index contributed by atoms with van der Waals surface area (Å²) in [5.74, 6) is 0.279. The third kappa shape index (κ3) is 3.55. The van der Waals surface area contributed by atoms with E-state index in [4.69, 9.17) is 0 Å². The van der Waals surface area contributed by atoms with E-state index in [2.05, 4.69) is 0 Å².